The minimum Gasteiger partial charge on any atom is -0.273 e. The number of nitrogens with zero attached hydrogens (tertiary/aromatic N) is 3. The van der Waals surface area contributed by atoms with Gasteiger partial charge in [-0.15, -0.1) is 0 Å². The van der Waals surface area contributed by atoms with Crippen molar-refractivity contribution in [3.8, 4) is 0 Å². The quantitative estimate of drug-likeness (QED) is 0.491. The van der Waals surface area contributed by atoms with Crippen LogP contribution in [0.25, 0.3) is 0 Å². The third kappa shape index (κ3) is 3.73. The lowest BCUT2D eigenvalue weighted by Crippen LogP contribution is -2.22. The smallest absolute Gasteiger partial charge is 0.269 e. The molecular weight excluding hydrogens is 270 g/mol. The summed E-state index contributed by atoms with van der Waals surface area (Å²) in [7, 11) is 0. The number of hydrazone groups is 1. The van der Waals surface area contributed by atoms with Gasteiger partial charge in [-0.25, -0.2) is 5.01 Å². The van der Waals surface area contributed by atoms with Crippen LogP contribution in [0, 0.1) is 10.1 Å². The van der Waals surface area contributed by atoms with E-state index < -0.39 is 4.92 Å². The first kappa shape index (κ1) is 14.4. The highest BCUT2D eigenvalue weighted by atomic mass is 16.6. The molecule has 0 heterocycles. The van der Waals surface area contributed by atoms with Crippen molar-refractivity contribution < 1.29 is 9.72 Å². The molecule has 0 atom stereocenters. The first-order valence-corrected chi connectivity index (χ1v) is 6.22. The number of carbonyl (C=O) groups excluding carboxylic acids is 1. The van der Waals surface area contributed by atoms with Crippen molar-refractivity contribution >= 4 is 23.5 Å². The van der Waals surface area contributed by atoms with Gasteiger partial charge in [-0.3, -0.25) is 14.9 Å². The van der Waals surface area contributed by atoms with Crippen LogP contribution in [0.3, 0.4) is 0 Å². The molecule has 0 bridgehead atoms. The zero-order valence-corrected chi connectivity index (χ0v) is 11.3. The summed E-state index contributed by atoms with van der Waals surface area (Å²) in [5.41, 5.74) is 1.34. The molecule has 2 rings (SSSR count). The molecule has 0 aliphatic heterocycles. The summed E-state index contributed by atoms with van der Waals surface area (Å²) in [6.07, 6.45) is 1.48. The zero-order chi connectivity index (χ0) is 15.2. The normalized spacial score (nSPS) is 10.5. The molecule has 0 spiro atoms. The summed E-state index contributed by atoms with van der Waals surface area (Å²) in [4.78, 5) is 21.7. The van der Waals surface area contributed by atoms with Crippen molar-refractivity contribution in [2.24, 2.45) is 5.10 Å². The van der Waals surface area contributed by atoms with Crippen LogP contribution in [0.1, 0.15) is 12.5 Å². The minimum absolute atomic E-state index is 0.0126. The second-order valence-electron chi connectivity index (χ2n) is 4.26. The lowest BCUT2D eigenvalue weighted by molar-refractivity contribution is -0.384. The topological polar surface area (TPSA) is 75.8 Å². The molecule has 0 fully saturated rings. The summed E-state index contributed by atoms with van der Waals surface area (Å²) in [6, 6.07) is 14.9. The van der Waals surface area contributed by atoms with Crippen molar-refractivity contribution in [3.63, 3.8) is 0 Å². The second-order valence-corrected chi connectivity index (χ2v) is 4.26. The Morgan fingerprint density at radius 3 is 2.29 bits per heavy atom. The largest absolute Gasteiger partial charge is 0.273 e. The van der Waals surface area contributed by atoms with E-state index in [9.17, 15) is 14.9 Å². The maximum atomic E-state index is 11.6. The van der Waals surface area contributed by atoms with Gasteiger partial charge < -0.3 is 0 Å². The van der Waals surface area contributed by atoms with Gasteiger partial charge in [-0.05, 0) is 29.8 Å². The number of anilines is 1. The molecule has 0 aromatic heterocycles. The molecule has 21 heavy (non-hydrogen) atoms. The molecule has 106 valence electrons. The molecule has 0 saturated carbocycles. The number of hydrogen-bond acceptors (Lipinski definition) is 4. The number of para-hydroxylation sites is 1. The summed E-state index contributed by atoms with van der Waals surface area (Å²) in [6.45, 7) is 1.42. The van der Waals surface area contributed by atoms with Crippen LogP contribution in [0.15, 0.2) is 59.7 Å². The number of nitro groups is 1. The van der Waals surface area contributed by atoms with Gasteiger partial charge in [0.2, 0.25) is 5.91 Å². The maximum Gasteiger partial charge on any atom is 0.269 e. The molecule has 0 aliphatic rings. The van der Waals surface area contributed by atoms with Crippen LogP contribution >= 0.6 is 0 Å². The molecule has 6 heteroatoms. The number of non-ortho nitro benzene ring substituents is 1. The van der Waals surface area contributed by atoms with Gasteiger partial charge in [0.1, 0.15) is 0 Å². The number of nitro benzene ring substituents is 1. The van der Waals surface area contributed by atoms with E-state index in [2.05, 4.69) is 5.10 Å². The van der Waals surface area contributed by atoms with Crippen molar-refractivity contribution in [3.05, 3.63) is 70.3 Å². The maximum absolute atomic E-state index is 11.6. The van der Waals surface area contributed by atoms with Gasteiger partial charge >= 0.3 is 0 Å². The Hall–Kier alpha value is -3.02. The fourth-order valence-electron chi connectivity index (χ4n) is 1.71. The highest BCUT2D eigenvalue weighted by Gasteiger charge is 2.09. The predicted molar refractivity (Wildman–Crippen MR) is 80.3 cm³/mol. The van der Waals surface area contributed by atoms with Gasteiger partial charge in [0.15, 0.2) is 0 Å². The molecule has 2 aromatic carbocycles. The molecule has 0 saturated heterocycles. The van der Waals surface area contributed by atoms with E-state index in [4.69, 9.17) is 0 Å². The average molecular weight is 283 g/mol. The standard InChI is InChI=1S/C15H13N3O3/c1-12(19)17(14-5-3-2-4-6-14)16-11-13-7-9-15(10-8-13)18(20)21/h2-11H,1H3/b16-11-. The Kier molecular flexibility index (Phi) is 4.40. The van der Waals surface area contributed by atoms with E-state index in [1.807, 2.05) is 18.2 Å². The highest BCUT2D eigenvalue weighted by Crippen LogP contribution is 2.15. The molecule has 0 N–H and O–H groups in total. The molecule has 1 amide bonds. The summed E-state index contributed by atoms with van der Waals surface area (Å²) < 4.78 is 0. The Labute approximate surface area is 121 Å². The summed E-state index contributed by atoms with van der Waals surface area (Å²) in [5.74, 6) is -0.223. The van der Waals surface area contributed by atoms with Crippen LogP contribution < -0.4 is 5.01 Å². The van der Waals surface area contributed by atoms with Gasteiger partial charge in [0.05, 0.1) is 16.8 Å². The van der Waals surface area contributed by atoms with Crippen LogP contribution in [0.2, 0.25) is 0 Å². The molecular formula is C15H13N3O3. The first-order chi connectivity index (χ1) is 10.1. The van der Waals surface area contributed by atoms with Crippen LogP contribution in [0.5, 0.6) is 0 Å². The summed E-state index contributed by atoms with van der Waals surface area (Å²) >= 11 is 0. The van der Waals surface area contributed by atoms with E-state index in [1.165, 1.54) is 30.3 Å². The van der Waals surface area contributed by atoms with Crippen LogP contribution in [-0.4, -0.2) is 17.0 Å². The highest BCUT2D eigenvalue weighted by molar-refractivity contribution is 5.93. The Bertz CT molecular complexity index is 666. The summed E-state index contributed by atoms with van der Waals surface area (Å²) in [5, 5.41) is 16.0. The molecule has 0 unspecified atom stereocenters. The predicted octanol–water partition coefficient (Wildman–Crippen LogP) is 2.98. The van der Waals surface area contributed by atoms with Gasteiger partial charge in [0.25, 0.3) is 5.69 Å². The van der Waals surface area contributed by atoms with Gasteiger partial charge in [-0.1, -0.05) is 18.2 Å². The third-order valence-corrected chi connectivity index (χ3v) is 2.73. The van der Waals surface area contributed by atoms with Crippen molar-refractivity contribution in [1.82, 2.24) is 0 Å². The van der Waals surface area contributed by atoms with Crippen molar-refractivity contribution in [1.29, 1.82) is 0 Å². The third-order valence-electron chi connectivity index (χ3n) is 2.73. The molecule has 6 nitrogen and oxygen atoms in total. The van der Waals surface area contributed by atoms with Gasteiger partial charge in [0, 0.05) is 19.1 Å². The molecule has 2 aromatic rings. The van der Waals surface area contributed by atoms with Crippen LogP contribution in [-0.2, 0) is 4.79 Å². The van der Waals surface area contributed by atoms with E-state index >= 15 is 0 Å². The van der Waals surface area contributed by atoms with E-state index in [1.54, 1.807) is 24.3 Å². The van der Waals surface area contributed by atoms with Crippen LogP contribution in [0.4, 0.5) is 11.4 Å². The first-order valence-electron chi connectivity index (χ1n) is 6.22. The second kappa shape index (κ2) is 6.42. The van der Waals surface area contributed by atoms with E-state index in [0.717, 1.165) is 0 Å². The number of rotatable bonds is 4. The van der Waals surface area contributed by atoms with Crippen molar-refractivity contribution in [2.75, 3.05) is 5.01 Å². The molecule has 0 aliphatic carbocycles. The Morgan fingerprint density at radius 1 is 1.14 bits per heavy atom. The van der Waals surface area contributed by atoms with Crippen molar-refractivity contribution in [2.45, 2.75) is 6.92 Å². The number of benzene rings is 2. The monoisotopic (exact) mass is 283 g/mol. The molecule has 0 radical (unpaired) electrons. The number of amides is 1. The average Bonchev–Trinajstić information content (AvgIpc) is 2.48. The lowest BCUT2D eigenvalue weighted by Gasteiger charge is -2.14. The fourth-order valence-corrected chi connectivity index (χ4v) is 1.71. The van der Waals surface area contributed by atoms with E-state index in [-0.39, 0.29) is 11.6 Å². The zero-order valence-electron chi connectivity index (χ0n) is 11.3. The SMILES string of the molecule is CC(=O)N(/N=C\c1ccc([N+](=O)[O-])cc1)c1ccccc1. The number of carbonyl (C=O) groups is 1. The fraction of sp³-hybridized carbons (Fsp3) is 0.0667. The minimum atomic E-state index is -0.466. The lowest BCUT2D eigenvalue weighted by atomic mass is 10.2. The van der Waals surface area contributed by atoms with Gasteiger partial charge in [-0.2, -0.15) is 5.10 Å². The Morgan fingerprint density at radius 2 is 1.76 bits per heavy atom. The van der Waals surface area contributed by atoms with E-state index in [0.29, 0.717) is 11.3 Å². The Balaban J connectivity index is 2.21. The number of hydrogen-bond donors (Lipinski definition) is 0.